The molecule has 1 aromatic carbocycles. The second kappa shape index (κ2) is 5.58. The summed E-state index contributed by atoms with van der Waals surface area (Å²) in [6, 6.07) is 4.72. The fourth-order valence-corrected chi connectivity index (χ4v) is 1.73. The van der Waals surface area contributed by atoms with Crippen LogP contribution in [0.3, 0.4) is 0 Å². The molecule has 16 heavy (non-hydrogen) atoms. The van der Waals surface area contributed by atoms with E-state index in [2.05, 4.69) is 0 Å². The third kappa shape index (κ3) is 2.78. The molecule has 0 N–H and O–H groups in total. The molecule has 0 bridgehead atoms. The summed E-state index contributed by atoms with van der Waals surface area (Å²) in [4.78, 5) is 10.2. The fraction of sp³-hybridized carbons (Fsp3) is 0.500. The molecule has 0 spiro atoms. The highest BCUT2D eigenvalue weighted by molar-refractivity contribution is 5.41. The van der Waals surface area contributed by atoms with Crippen LogP contribution in [0.5, 0.6) is 0 Å². The smallest absolute Gasteiger partial charge is 0.258 e. The van der Waals surface area contributed by atoms with E-state index in [-0.39, 0.29) is 11.6 Å². The van der Waals surface area contributed by atoms with E-state index in [0.29, 0.717) is 0 Å². The van der Waals surface area contributed by atoms with Crippen molar-refractivity contribution in [3.8, 4) is 0 Å². The summed E-state index contributed by atoms with van der Waals surface area (Å²) in [5, 5.41) is 10.6. The minimum Gasteiger partial charge on any atom is -0.258 e. The molecule has 1 atom stereocenters. The van der Waals surface area contributed by atoms with Gasteiger partial charge in [-0.05, 0) is 17.5 Å². The number of aryl methyl sites for hydroxylation is 1. The first-order valence-corrected chi connectivity index (χ1v) is 5.43. The Kier molecular flexibility index (Phi) is 4.40. The number of halogens is 1. The summed E-state index contributed by atoms with van der Waals surface area (Å²) >= 11 is 0. The summed E-state index contributed by atoms with van der Waals surface area (Å²) < 4.78 is 12.7. The van der Waals surface area contributed by atoms with Crippen molar-refractivity contribution in [3.63, 3.8) is 0 Å². The summed E-state index contributed by atoms with van der Waals surface area (Å²) in [6.07, 6.45) is 1.78. The van der Waals surface area contributed by atoms with Gasteiger partial charge >= 0.3 is 0 Å². The lowest BCUT2D eigenvalue weighted by Gasteiger charge is -2.12. The third-order valence-electron chi connectivity index (χ3n) is 2.62. The molecule has 0 radical (unpaired) electrons. The molecule has 0 saturated carbocycles. The molecule has 0 aliphatic heterocycles. The molecule has 1 unspecified atom stereocenters. The molecule has 1 rings (SSSR count). The summed E-state index contributed by atoms with van der Waals surface area (Å²) in [6.45, 7) is 3.29. The van der Waals surface area contributed by atoms with Crippen molar-refractivity contribution in [1.29, 1.82) is 0 Å². The number of benzene rings is 1. The maximum Gasteiger partial charge on any atom is 0.269 e. The Morgan fingerprint density at radius 3 is 2.69 bits per heavy atom. The average Bonchev–Trinajstić information content (AvgIpc) is 2.28. The molecule has 0 aromatic heterocycles. The van der Waals surface area contributed by atoms with Crippen LogP contribution in [0.15, 0.2) is 18.2 Å². The van der Waals surface area contributed by atoms with Gasteiger partial charge in [0.2, 0.25) is 0 Å². The Morgan fingerprint density at radius 2 is 2.19 bits per heavy atom. The van der Waals surface area contributed by atoms with Crippen molar-refractivity contribution in [2.75, 3.05) is 6.67 Å². The Balaban J connectivity index is 3.15. The molecular formula is C12H16FNO2. The lowest BCUT2D eigenvalue weighted by molar-refractivity contribution is -0.384. The number of hydrogen-bond donors (Lipinski definition) is 0. The van der Waals surface area contributed by atoms with Gasteiger partial charge in [-0.2, -0.15) is 0 Å². The largest absolute Gasteiger partial charge is 0.269 e. The van der Waals surface area contributed by atoms with E-state index in [1.807, 2.05) is 6.92 Å². The van der Waals surface area contributed by atoms with Crippen molar-refractivity contribution in [3.05, 3.63) is 39.4 Å². The number of alkyl halides is 1. The minimum atomic E-state index is -0.488. The SMILES string of the molecule is CCCc1ccc([N+](=O)[O-])cc1C(C)CF. The van der Waals surface area contributed by atoms with Gasteiger partial charge in [0, 0.05) is 18.1 Å². The van der Waals surface area contributed by atoms with Crippen molar-refractivity contribution >= 4 is 5.69 Å². The van der Waals surface area contributed by atoms with Crippen molar-refractivity contribution in [1.82, 2.24) is 0 Å². The summed E-state index contributed by atoms with van der Waals surface area (Å²) in [7, 11) is 0. The summed E-state index contributed by atoms with van der Waals surface area (Å²) in [5.41, 5.74) is 1.81. The number of hydrogen-bond acceptors (Lipinski definition) is 2. The number of nitro benzene ring substituents is 1. The molecule has 0 heterocycles. The third-order valence-corrected chi connectivity index (χ3v) is 2.62. The van der Waals surface area contributed by atoms with E-state index in [4.69, 9.17) is 0 Å². The minimum absolute atomic E-state index is 0.0372. The predicted octanol–water partition coefficient (Wildman–Crippen LogP) is 3.62. The number of nitro groups is 1. The molecule has 0 aliphatic rings. The number of rotatable bonds is 5. The molecule has 88 valence electrons. The van der Waals surface area contributed by atoms with E-state index in [0.717, 1.165) is 24.0 Å². The predicted molar refractivity (Wildman–Crippen MR) is 61.5 cm³/mol. The molecule has 1 aromatic rings. The highest BCUT2D eigenvalue weighted by atomic mass is 19.1. The van der Waals surface area contributed by atoms with Gasteiger partial charge in [-0.15, -0.1) is 0 Å². The van der Waals surface area contributed by atoms with E-state index >= 15 is 0 Å². The molecule has 4 heteroatoms. The second-order valence-electron chi connectivity index (χ2n) is 3.95. The maximum absolute atomic E-state index is 12.7. The average molecular weight is 225 g/mol. The quantitative estimate of drug-likeness (QED) is 0.567. The van der Waals surface area contributed by atoms with Gasteiger partial charge in [-0.3, -0.25) is 14.5 Å². The van der Waals surface area contributed by atoms with Crippen LogP contribution >= 0.6 is 0 Å². The second-order valence-corrected chi connectivity index (χ2v) is 3.95. The van der Waals surface area contributed by atoms with Crippen LogP contribution in [0.1, 0.15) is 37.3 Å². The van der Waals surface area contributed by atoms with Crippen LogP contribution in [0.25, 0.3) is 0 Å². The molecule has 0 amide bonds. The first-order valence-electron chi connectivity index (χ1n) is 5.43. The van der Waals surface area contributed by atoms with Crippen LogP contribution in [0.2, 0.25) is 0 Å². The van der Waals surface area contributed by atoms with Crippen LogP contribution in [-0.2, 0) is 6.42 Å². The van der Waals surface area contributed by atoms with E-state index in [1.165, 1.54) is 12.1 Å². The molecular weight excluding hydrogens is 209 g/mol. The highest BCUT2D eigenvalue weighted by Gasteiger charge is 2.15. The molecule has 0 saturated heterocycles. The number of nitrogens with zero attached hydrogens (tertiary/aromatic N) is 1. The summed E-state index contributed by atoms with van der Waals surface area (Å²) in [5.74, 6) is -0.276. The first-order chi connectivity index (χ1) is 7.60. The van der Waals surface area contributed by atoms with Gasteiger partial charge in [0.05, 0.1) is 11.6 Å². The fourth-order valence-electron chi connectivity index (χ4n) is 1.73. The zero-order chi connectivity index (χ0) is 12.1. The van der Waals surface area contributed by atoms with E-state index < -0.39 is 11.6 Å². The van der Waals surface area contributed by atoms with Crippen LogP contribution in [-0.4, -0.2) is 11.6 Å². The normalized spacial score (nSPS) is 12.4. The van der Waals surface area contributed by atoms with Crippen molar-refractivity contribution < 1.29 is 9.31 Å². The standard InChI is InChI=1S/C12H16FNO2/c1-3-4-10-5-6-11(14(15)16)7-12(10)9(2)8-13/h5-7,9H,3-4,8H2,1-2H3. The van der Waals surface area contributed by atoms with E-state index in [9.17, 15) is 14.5 Å². The van der Waals surface area contributed by atoms with Gasteiger partial charge in [0.25, 0.3) is 5.69 Å². The Bertz CT molecular complexity index is 379. The Hall–Kier alpha value is -1.45. The molecule has 0 fully saturated rings. The van der Waals surface area contributed by atoms with E-state index in [1.54, 1.807) is 13.0 Å². The maximum atomic E-state index is 12.7. The first kappa shape index (κ1) is 12.6. The molecule has 3 nitrogen and oxygen atoms in total. The lowest BCUT2D eigenvalue weighted by atomic mass is 9.93. The zero-order valence-electron chi connectivity index (χ0n) is 9.57. The van der Waals surface area contributed by atoms with Gasteiger partial charge in [-0.25, -0.2) is 0 Å². The Morgan fingerprint density at radius 1 is 1.50 bits per heavy atom. The van der Waals surface area contributed by atoms with Crippen LogP contribution in [0.4, 0.5) is 10.1 Å². The van der Waals surface area contributed by atoms with Gasteiger partial charge in [-0.1, -0.05) is 26.3 Å². The van der Waals surface area contributed by atoms with Crippen molar-refractivity contribution in [2.24, 2.45) is 0 Å². The monoisotopic (exact) mass is 225 g/mol. The molecule has 0 aliphatic carbocycles. The topological polar surface area (TPSA) is 43.1 Å². The van der Waals surface area contributed by atoms with Gasteiger partial charge in [0.1, 0.15) is 0 Å². The van der Waals surface area contributed by atoms with Crippen LogP contribution < -0.4 is 0 Å². The van der Waals surface area contributed by atoms with Crippen molar-refractivity contribution in [2.45, 2.75) is 32.6 Å². The number of non-ortho nitro benzene ring substituents is 1. The zero-order valence-corrected chi connectivity index (χ0v) is 9.57. The Labute approximate surface area is 94.4 Å². The van der Waals surface area contributed by atoms with Gasteiger partial charge < -0.3 is 0 Å². The van der Waals surface area contributed by atoms with Crippen LogP contribution in [0, 0.1) is 10.1 Å². The van der Waals surface area contributed by atoms with Gasteiger partial charge in [0.15, 0.2) is 0 Å². The highest BCUT2D eigenvalue weighted by Crippen LogP contribution is 2.26. The lowest BCUT2D eigenvalue weighted by Crippen LogP contribution is -2.02.